The summed E-state index contributed by atoms with van der Waals surface area (Å²) in [6, 6.07) is 1.68. The van der Waals surface area contributed by atoms with Crippen LogP contribution in [-0.2, 0) is 22.4 Å². The average molecular weight is 292 g/mol. The van der Waals surface area contributed by atoms with E-state index < -0.39 is 17.5 Å². The Labute approximate surface area is 123 Å². The largest absolute Gasteiger partial charge is 0.464 e. The van der Waals surface area contributed by atoms with E-state index in [4.69, 9.17) is 9.47 Å². The van der Waals surface area contributed by atoms with Gasteiger partial charge in [0.1, 0.15) is 5.60 Å². The highest BCUT2D eigenvalue weighted by Gasteiger charge is 2.27. The van der Waals surface area contributed by atoms with Gasteiger partial charge < -0.3 is 14.8 Å². The Kier molecular flexibility index (Phi) is 4.27. The Balaban J connectivity index is 2.46. The number of esters is 2. The highest BCUT2D eigenvalue weighted by atomic mass is 16.6. The third-order valence-electron chi connectivity index (χ3n) is 3.04. The topological polar surface area (TPSA) is 77.5 Å². The van der Waals surface area contributed by atoms with Gasteiger partial charge in [0.2, 0.25) is 0 Å². The summed E-state index contributed by atoms with van der Waals surface area (Å²) in [5.41, 5.74) is 1.27. The molecule has 1 N–H and O–H groups in total. The van der Waals surface area contributed by atoms with Gasteiger partial charge in [0, 0.05) is 25.2 Å². The first-order chi connectivity index (χ1) is 9.81. The second-order valence-electron chi connectivity index (χ2n) is 5.91. The number of nitrogens with zero attached hydrogens (tertiary/aromatic N) is 1. The van der Waals surface area contributed by atoms with Crippen LogP contribution in [0.15, 0.2) is 6.07 Å². The van der Waals surface area contributed by atoms with Gasteiger partial charge in [-0.15, -0.1) is 0 Å². The van der Waals surface area contributed by atoms with Crippen LogP contribution in [0.3, 0.4) is 0 Å². The van der Waals surface area contributed by atoms with Crippen LogP contribution in [0, 0.1) is 0 Å². The fourth-order valence-electron chi connectivity index (χ4n) is 2.13. The molecule has 1 aliphatic rings. The molecule has 1 aromatic rings. The number of carbonyl (C=O) groups excluding carboxylic acids is 2. The Morgan fingerprint density at radius 1 is 1.29 bits per heavy atom. The van der Waals surface area contributed by atoms with Gasteiger partial charge in [-0.05, 0) is 32.4 Å². The summed E-state index contributed by atoms with van der Waals surface area (Å²) in [4.78, 5) is 28.5. The van der Waals surface area contributed by atoms with Crippen LogP contribution >= 0.6 is 0 Å². The maximum absolute atomic E-state index is 12.3. The van der Waals surface area contributed by atoms with Crippen molar-refractivity contribution in [3.63, 3.8) is 0 Å². The number of rotatable bonds is 2. The predicted molar refractivity (Wildman–Crippen MR) is 76.2 cm³/mol. The van der Waals surface area contributed by atoms with Crippen LogP contribution in [0.4, 0.5) is 0 Å². The fraction of sp³-hybridized carbons (Fsp3) is 0.533. The number of nitrogens with one attached hydrogen (secondary N) is 1. The highest BCUT2D eigenvalue weighted by Crippen LogP contribution is 2.20. The van der Waals surface area contributed by atoms with Crippen molar-refractivity contribution in [2.45, 2.75) is 39.3 Å². The monoisotopic (exact) mass is 292 g/mol. The van der Waals surface area contributed by atoms with E-state index in [0.717, 1.165) is 17.8 Å². The van der Waals surface area contributed by atoms with E-state index in [2.05, 4.69) is 10.3 Å². The summed E-state index contributed by atoms with van der Waals surface area (Å²) in [6.07, 6.45) is 0.716. The van der Waals surface area contributed by atoms with Crippen molar-refractivity contribution in [3.8, 4) is 0 Å². The minimum absolute atomic E-state index is 0.0207. The molecule has 6 nitrogen and oxygen atoms in total. The van der Waals surface area contributed by atoms with Crippen LogP contribution in [0.2, 0.25) is 0 Å². The third kappa shape index (κ3) is 3.58. The SMILES string of the molecule is COC(=O)c1nc2c(cc1C(=O)OC(C)(C)C)CNCC2. The lowest BCUT2D eigenvalue weighted by atomic mass is 10.0. The van der Waals surface area contributed by atoms with E-state index in [1.165, 1.54) is 7.11 Å². The Morgan fingerprint density at radius 2 is 2.00 bits per heavy atom. The van der Waals surface area contributed by atoms with Crippen molar-refractivity contribution in [1.29, 1.82) is 0 Å². The van der Waals surface area contributed by atoms with Crippen LogP contribution < -0.4 is 5.32 Å². The standard InChI is InChI=1S/C15H20N2O4/c1-15(2,3)21-13(18)10-7-9-8-16-6-5-11(9)17-12(10)14(19)20-4/h7,16H,5-6,8H2,1-4H3. The molecule has 0 saturated carbocycles. The summed E-state index contributed by atoms with van der Waals surface area (Å²) in [5, 5.41) is 3.21. The molecule has 2 rings (SSSR count). The molecule has 0 aliphatic carbocycles. The van der Waals surface area contributed by atoms with Crippen LogP contribution in [0.5, 0.6) is 0 Å². The minimum atomic E-state index is -0.640. The molecule has 0 amide bonds. The number of pyridine rings is 1. The highest BCUT2D eigenvalue weighted by molar-refractivity contribution is 6.02. The van der Waals surface area contributed by atoms with Crippen molar-refractivity contribution in [1.82, 2.24) is 10.3 Å². The van der Waals surface area contributed by atoms with Crippen LogP contribution in [0.1, 0.15) is 52.9 Å². The molecular weight excluding hydrogens is 272 g/mol. The van der Waals surface area contributed by atoms with Gasteiger partial charge in [0.05, 0.1) is 12.7 Å². The average Bonchev–Trinajstić information content (AvgIpc) is 2.43. The number of ether oxygens (including phenoxy) is 2. The summed E-state index contributed by atoms with van der Waals surface area (Å²) in [7, 11) is 1.27. The predicted octanol–water partition coefficient (Wildman–Crippen LogP) is 1.47. The molecular formula is C15H20N2O4. The minimum Gasteiger partial charge on any atom is -0.464 e. The maximum atomic E-state index is 12.3. The molecule has 1 aliphatic heterocycles. The number of hydrogen-bond donors (Lipinski definition) is 1. The molecule has 0 saturated heterocycles. The molecule has 0 fully saturated rings. The van der Waals surface area contributed by atoms with E-state index in [9.17, 15) is 9.59 Å². The van der Waals surface area contributed by atoms with Crippen molar-refractivity contribution >= 4 is 11.9 Å². The quantitative estimate of drug-likeness (QED) is 0.832. The van der Waals surface area contributed by atoms with Gasteiger partial charge in [-0.2, -0.15) is 0 Å². The molecule has 2 heterocycles. The van der Waals surface area contributed by atoms with E-state index >= 15 is 0 Å². The van der Waals surface area contributed by atoms with Gasteiger partial charge >= 0.3 is 11.9 Å². The van der Waals surface area contributed by atoms with E-state index in [1.807, 2.05) is 0 Å². The zero-order chi connectivity index (χ0) is 15.6. The molecule has 6 heteroatoms. The molecule has 114 valence electrons. The lowest BCUT2D eigenvalue weighted by Crippen LogP contribution is -2.29. The number of hydrogen-bond acceptors (Lipinski definition) is 6. The molecule has 0 radical (unpaired) electrons. The zero-order valence-electron chi connectivity index (χ0n) is 12.8. The Morgan fingerprint density at radius 3 is 2.62 bits per heavy atom. The summed E-state index contributed by atoms with van der Waals surface area (Å²) >= 11 is 0. The first kappa shape index (κ1) is 15.4. The van der Waals surface area contributed by atoms with Gasteiger partial charge in [-0.1, -0.05) is 0 Å². The summed E-state index contributed by atoms with van der Waals surface area (Å²) in [5.74, 6) is -1.19. The van der Waals surface area contributed by atoms with Crippen molar-refractivity contribution in [2.75, 3.05) is 13.7 Å². The van der Waals surface area contributed by atoms with Crippen molar-refractivity contribution in [3.05, 3.63) is 28.6 Å². The van der Waals surface area contributed by atoms with Crippen LogP contribution in [-0.4, -0.2) is 36.2 Å². The second-order valence-corrected chi connectivity index (χ2v) is 5.91. The van der Waals surface area contributed by atoms with Crippen molar-refractivity contribution < 1.29 is 19.1 Å². The summed E-state index contributed by atoms with van der Waals surface area (Å²) in [6.45, 7) is 6.74. The second kappa shape index (κ2) is 5.81. The normalized spacial score (nSPS) is 14.3. The van der Waals surface area contributed by atoms with Gasteiger partial charge in [0.15, 0.2) is 5.69 Å². The fourth-order valence-corrected chi connectivity index (χ4v) is 2.13. The number of aromatic nitrogens is 1. The van der Waals surface area contributed by atoms with Gasteiger partial charge in [0.25, 0.3) is 0 Å². The number of methoxy groups -OCH3 is 1. The van der Waals surface area contributed by atoms with Crippen LogP contribution in [0.25, 0.3) is 0 Å². The Bertz CT molecular complexity index is 576. The van der Waals surface area contributed by atoms with E-state index in [0.29, 0.717) is 13.0 Å². The Hall–Kier alpha value is -1.95. The third-order valence-corrected chi connectivity index (χ3v) is 3.04. The first-order valence-corrected chi connectivity index (χ1v) is 6.87. The van der Waals surface area contributed by atoms with Crippen molar-refractivity contribution in [2.24, 2.45) is 0 Å². The first-order valence-electron chi connectivity index (χ1n) is 6.87. The molecule has 1 aromatic heterocycles. The zero-order valence-corrected chi connectivity index (χ0v) is 12.8. The van der Waals surface area contributed by atoms with E-state index in [-0.39, 0.29) is 11.3 Å². The smallest absolute Gasteiger partial charge is 0.357 e. The number of carbonyl (C=O) groups is 2. The maximum Gasteiger partial charge on any atom is 0.357 e. The molecule has 21 heavy (non-hydrogen) atoms. The summed E-state index contributed by atoms with van der Waals surface area (Å²) < 4.78 is 10.1. The van der Waals surface area contributed by atoms with Gasteiger partial charge in [-0.25, -0.2) is 14.6 Å². The number of fused-ring (bicyclic) bond motifs is 1. The molecule has 0 unspecified atom stereocenters. The molecule has 0 bridgehead atoms. The molecule has 0 atom stereocenters. The van der Waals surface area contributed by atoms with E-state index in [1.54, 1.807) is 26.8 Å². The van der Waals surface area contributed by atoms with Gasteiger partial charge in [-0.3, -0.25) is 0 Å². The lowest BCUT2D eigenvalue weighted by Gasteiger charge is -2.22. The lowest BCUT2D eigenvalue weighted by molar-refractivity contribution is 0.00642. The molecule has 0 spiro atoms. The molecule has 0 aromatic carbocycles.